The molecule has 2 rings (SSSR count). The van der Waals surface area contributed by atoms with Crippen molar-refractivity contribution < 1.29 is 0 Å². The molecule has 0 unspecified atom stereocenters. The molecule has 7 nitrogen and oxygen atoms in total. The van der Waals surface area contributed by atoms with Crippen molar-refractivity contribution in [2.75, 3.05) is 6.54 Å². The van der Waals surface area contributed by atoms with Crippen LogP contribution in [0.15, 0.2) is 12.3 Å². The highest BCUT2D eigenvalue weighted by Crippen LogP contribution is 1.96. The Kier molecular flexibility index (Phi) is 3.25. The highest BCUT2D eigenvalue weighted by molar-refractivity contribution is 5.00. The zero-order chi connectivity index (χ0) is 11.4. The van der Waals surface area contributed by atoms with Gasteiger partial charge in [0.25, 0.3) is 0 Å². The van der Waals surface area contributed by atoms with E-state index in [1.807, 2.05) is 17.8 Å². The first-order chi connectivity index (χ1) is 7.75. The summed E-state index contributed by atoms with van der Waals surface area (Å²) in [6.45, 7) is 1.52. The zero-order valence-electron chi connectivity index (χ0n) is 9.46. The van der Waals surface area contributed by atoms with Crippen molar-refractivity contribution >= 4 is 0 Å². The Morgan fingerprint density at radius 3 is 2.88 bits per heavy atom. The molecule has 16 heavy (non-hydrogen) atoms. The number of hydrogen-bond acceptors (Lipinski definition) is 5. The number of nitrogens with one attached hydrogen (secondary N) is 1. The third-order valence-electron chi connectivity index (χ3n) is 2.31. The topological polar surface area (TPSA) is 73.5 Å². The second-order valence-corrected chi connectivity index (χ2v) is 3.57. The standard InChI is InChI=1S/C9H15N7/c1-15-8(4-6-11-15)3-5-10-7-9-12-14-16(2)13-9/h4,6,10H,3,5,7H2,1-2H3. The van der Waals surface area contributed by atoms with Gasteiger partial charge >= 0.3 is 0 Å². The fourth-order valence-corrected chi connectivity index (χ4v) is 1.46. The van der Waals surface area contributed by atoms with Gasteiger partial charge in [0, 0.05) is 31.9 Å². The van der Waals surface area contributed by atoms with E-state index in [2.05, 4.69) is 25.8 Å². The van der Waals surface area contributed by atoms with Crippen LogP contribution in [0.1, 0.15) is 11.5 Å². The van der Waals surface area contributed by atoms with Crippen LogP contribution in [0.2, 0.25) is 0 Å². The molecule has 0 aromatic carbocycles. The first-order valence-corrected chi connectivity index (χ1v) is 5.16. The molecule has 0 aliphatic rings. The first-order valence-electron chi connectivity index (χ1n) is 5.16. The van der Waals surface area contributed by atoms with E-state index in [4.69, 9.17) is 0 Å². The molecule has 0 aliphatic heterocycles. The number of nitrogens with zero attached hydrogens (tertiary/aromatic N) is 6. The van der Waals surface area contributed by atoms with Crippen molar-refractivity contribution in [2.45, 2.75) is 13.0 Å². The van der Waals surface area contributed by atoms with E-state index in [0.29, 0.717) is 12.4 Å². The highest BCUT2D eigenvalue weighted by Gasteiger charge is 2.00. The quantitative estimate of drug-likeness (QED) is 0.674. The van der Waals surface area contributed by atoms with Crippen LogP contribution in [-0.4, -0.2) is 36.5 Å². The molecule has 2 aromatic heterocycles. The molecule has 0 radical (unpaired) electrons. The summed E-state index contributed by atoms with van der Waals surface area (Å²) >= 11 is 0. The smallest absolute Gasteiger partial charge is 0.188 e. The molecule has 0 fully saturated rings. The maximum Gasteiger partial charge on any atom is 0.188 e. The van der Waals surface area contributed by atoms with Crippen molar-refractivity contribution in [2.24, 2.45) is 14.1 Å². The second kappa shape index (κ2) is 4.84. The lowest BCUT2D eigenvalue weighted by Gasteiger charge is -2.02. The molecule has 0 atom stereocenters. The number of hydrogen-bond donors (Lipinski definition) is 1. The van der Waals surface area contributed by atoms with Crippen molar-refractivity contribution in [3.05, 3.63) is 23.8 Å². The molecule has 0 bridgehead atoms. The van der Waals surface area contributed by atoms with Crippen molar-refractivity contribution in [1.29, 1.82) is 0 Å². The Labute approximate surface area is 93.5 Å². The van der Waals surface area contributed by atoms with E-state index < -0.39 is 0 Å². The normalized spacial score (nSPS) is 10.9. The first kappa shape index (κ1) is 10.7. The van der Waals surface area contributed by atoms with Crippen LogP contribution >= 0.6 is 0 Å². The number of aromatic nitrogens is 6. The summed E-state index contributed by atoms with van der Waals surface area (Å²) < 4.78 is 1.88. The summed E-state index contributed by atoms with van der Waals surface area (Å²) in [5, 5.41) is 19.1. The van der Waals surface area contributed by atoms with Crippen LogP contribution in [-0.2, 0) is 27.1 Å². The monoisotopic (exact) mass is 221 g/mol. The SMILES string of the molecule is Cn1nnc(CNCCc2ccnn2C)n1. The molecule has 2 heterocycles. The van der Waals surface area contributed by atoms with Crippen molar-refractivity contribution in [3.8, 4) is 0 Å². The molecule has 0 saturated carbocycles. The maximum atomic E-state index is 4.11. The minimum absolute atomic E-state index is 0.645. The van der Waals surface area contributed by atoms with Crippen LogP contribution in [0, 0.1) is 0 Å². The molecule has 7 heteroatoms. The van der Waals surface area contributed by atoms with Gasteiger partial charge in [0.15, 0.2) is 5.82 Å². The number of aryl methyl sites for hydroxylation is 2. The lowest BCUT2D eigenvalue weighted by Crippen LogP contribution is -2.18. The number of tetrazole rings is 1. The number of rotatable bonds is 5. The summed E-state index contributed by atoms with van der Waals surface area (Å²) in [6, 6.07) is 2.02. The van der Waals surface area contributed by atoms with E-state index in [9.17, 15) is 0 Å². The molecule has 0 saturated heterocycles. The Morgan fingerprint density at radius 1 is 1.38 bits per heavy atom. The fraction of sp³-hybridized carbons (Fsp3) is 0.556. The van der Waals surface area contributed by atoms with E-state index in [-0.39, 0.29) is 0 Å². The van der Waals surface area contributed by atoms with Gasteiger partial charge in [0.05, 0.1) is 13.6 Å². The predicted octanol–water partition coefficient (Wildman–Crippen LogP) is -0.724. The van der Waals surface area contributed by atoms with Crippen LogP contribution in [0.25, 0.3) is 0 Å². The van der Waals surface area contributed by atoms with Crippen LogP contribution in [0.4, 0.5) is 0 Å². The van der Waals surface area contributed by atoms with Gasteiger partial charge in [-0.25, -0.2) is 0 Å². The fourth-order valence-electron chi connectivity index (χ4n) is 1.46. The molecule has 86 valence electrons. The zero-order valence-corrected chi connectivity index (χ0v) is 9.46. The molecule has 0 amide bonds. The highest BCUT2D eigenvalue weighted by atomic mass is 15.6. The van der Waals surface area contributed by atoms with Gasteiger partial charge in [-0.1, -0.05) is 0 Å². The third-order valence-corrected chi connectivity index (χ3v) is 2.31. The van der Waals surface area contributed by atoms with E-state index in [1.165, 1.54) is 10.5 Å². The van der Waals surface area contributed by atoms with Gasteiger partial charge in [0.1, 0.15) is 0 Å². The molecule has 2 aromatic rings. The minimum Gasteiger partial charge on any atom is -0.309 e. The molecule has 1 N–H and O–H groups in total. The summed E-state index contributed by atoms with van der Waals surface area (Å²) in [5.74, 6) is 0.715. The predicted molar refractivity (Wildman–Crippen MR) is 57.4 cm³/mol. The average Bonchev–Trinajstić information content (AvgIpc) is 2.83. The average molecular weight is 221 g/mol. The Balaban J connectivity index is 1.71. The summed E-state index contributed by atoms with van der Waals surface area (Å²) in [5.41, 5.74) is 1.21. The Morgan fingerprint density at radius 2 is 2.25 bits per heavy atom. The Bertz CT molecular complexity index is 444. The van der Waals surface area contributed by atoms with Crippen LogP contribution in [0.5, 0.6) is 0 Å². The lowest BCUT2D eigenvalue weighted by molar-refractivity contribution is 0.612. The molecular weight excluding hydrogens is 206 g/mol. The van der Waals surface area contributed by atoms with Gasteiger partial charge < -0.3 is 5.32 Å². The third kappa shape index (κ3) is 2.63. The molecular formula is C9H15N7. The second-order valence-electron chi connectivity index (χ2n) is 3.57. The molecule has 0 aliphatic carbocycles. The van der Waals surface area contributed by atoms with Crippen LogP contribution in [0.3, 0.4) is 0 Å². The summed E-state index contributed by atoms with van der Waals surface area (Å²) in [7, 11) is 3.70. The molecule has 0 spiro atoms. The maximum absolute atomic E-state index is 4.11. The van der Waals surface area contributed by atoms with Crippen LogP contribution < -0.4 is 5.32 Å². The minimum atomic E-state index is 0.645. The van der Waals surface area contributed by atoms with Gasteiger partial charge in [-0.2, -0.15) is 9.90 Å². The van der Waals surface area contributed by atoms with E-state index in [0.717, 1.165) is 13.0 Å². The Hall–Kier alpha value is -1.76. The van der Waals surface area contributed by atoms with E-state index >= 15 is 0 Å². The lowest BCUT2D eigenvalue weighted by atomic mass is 10.3. The van der Waals surface area contributed by atoms with E-state index in [1.54, 1.807) is 13.2 Å². The summed E-state index contributed by atoms with van der Waals surface area (Å²) in [6.07, 6.45) is 2.75. The van der Waals surface area contributed by atoms with Gasteiger partial charge in [-0.3, -0.25) is 4.68 Å². The largest absolute Gasteiger partial charge is 0.309 e. The van der Waals surface area contributed by atoms with Gasteiger partial charge in [-0.15, -0.1) is 10.2 Å². The van der Waals surface area contributed by atoms with Gasteiger partial charge in [-0.05, 0) is 11.3 Å². The van der Waals surface area contributed by atoms with Gasteiger partial charge in [0.2, 0.25) is 0 Å². The van der Waals surface area contributed by atoms with Crippen molar-refractivity contribution in [1.82, 2.24) is 35.3 Å². The van der Waals surface area contributed by atoms with Crippen molar-refractivity contribution in [3.63, 3.8) is 0 Å². The summed E-state index contributed by atoms with van der Waals surface area (Å²) in [4.78, 5) is 1.46.